The molecule has 10 unspecified atom stereocenters. The molecule has 13 aliphatic rings. The Bertz CT molecular complexity index is 3310. The molecule has 0 amide bonds. The minimum Gasteiger partial charge on any atom is -0.432 e. The van der Waals surface area contributed by atoms with Gasteiger partial charge in [-0.15, -0.1) is 0 Å². The van der Waals surface area contributed by atoms with Crippen molar-refractivity contribution in [2.24, 2.45) is 50.2 Å². The molecule has 0 aromatic heterocycles. The smallest absolute Gasteiger partial charge is 0.315 e. The average Bonchev–Trinajstić information content (AvgIpc) is 0.673. The Balaban J connectivity index is 0.696. The molecule has 8 saturated heterocycles. The SMILES string of the molecule is C[C@@H]1O[C@@H](O[C@@H]2[C@@H](O)[C@H](O[C@H]3[C@@H](O)[C@H](O[C@H]4[C@H](OC5CCC6(C)C(CCC7(C)C6CC=C6C8CC(C)(C)CCC8(C(=O)O[C@@H]8O[C@H](CO[C@@H]9O[C@H](CO)[C@@H](O)[C@H](O)[C@H]9O)[C@@H](O)[C@H](O)[C@H]8O)CCC67C)C5(C)CO)OC[C@@H](O)[C@@H]4O)O[C@@H](C)[C@H]3O)O[C@H](CO)[C@@H]2OC2O[C@H](CO)[C@@H](O[C@@H]3OC[C@@H](O)[C@H](O)[C@H]3O)[C@H](O)[C@H]2O)[C@H](O)[C@H](O)[C@H]1O. The highest BCUT2D eigenvalue weighted by Crippen LogP contribution is 2.76. The number of allylic oxidation sites excluding steroid dienone is 2. The van der Waals surface area contributed by atoms with Crippen LogP contribution >= 0.6 is 0 Å². The van der Waals surface area contributed by atoms with Crippen LogP contribution in [0.1, 0.15) is 120 Å². The molecule has 47 atom stereocenters. The summed E-state index contributed by atoms with van der Waals surface area (Å²) in [7, 11) is 0. The summed E-state index contributed by atoms with van der Waals surface area (Å²) in [5, 5.41) is 254. The summed E-state index contributed by atoms with van der Waals surface area (Å²) in [6.45, 7) is 11.0. The van der Waals surface area contributed by atoms with E-state index in [-0.39, 0.29) is 29.8 Å². The quantitative estimate of drug-likeness (QED) is 0.0288. The Morgan fingerprint density at radius 3 is 1.56 bits per heavy atom. The second-order valence-corrected chi connectivity index (χ2v) is 36.5. The van der Waals surface area contributed by atoms with Crippen LogP contribution in [-0.4, -0.2) is 409 Å². The zero-order valence-corrected chi connectivity index (χ0v) is 66.1. The molecule has 23 N–H and O–H groups in total. The standard InChI is InChI=1S/C76H124O40/c1-27-40(83)46(89)52(95)64(104-27)114-60-56(99)68(108-35(22-79)58(60)112-65-54(97)49(92)57(34(21-78)107-65)111-63-50(93)42(85)31(81)23-101-63)113-59-41(84)28(2)105-67(55(59)98)115-61-43(86)32(82)24-102-69(61)110-39-12-13-72(5)37(73(39,6)26-80)11-14-75(8)38(72)10-9-29-30-19-71(3,4)15-17-76(30,18-16-74(29,75)7)70(100)116-66-53(96)48(91)45(88)36(109-66)25-103-62-51(94)47(90)44(87)33(20-77)106-62/h9,27-28,30-69,77-99H,10-26H2,1-8H3/t27-,28-,30?,31+,32+,33+,34+,35+,36+,37?,38?,39?,40-,41+,42-,43-,44+,45+,46+,47-,48-,49+,50+,51+,52+,53+,54+,55+,56+,57+,58-,59+,60+,61+,62+,63-,64-,65?,66-,67-,68-,69-,72?,73?,74?,75?,76?/m0/s1. The zero-order chi connectivity index (χ0) is 84.4. The number of hydrogen-bond donors (Lipinski definition) is 23. The molecular weight excluding hydrogens is 1550 g/mol. The molecule has 116 heavy (non-hydrogen) atoms. The first-order chi connectivity index (χ1) is 54.6. The monoisotopic (exact) mass is 1680 g/mol. The van der Waals surface area contributed by atoms with Crippen LogP contribution in [0.4, 0.5) is 0 Å². The van der Waals surface area contributed by atoms with Crippen LogP contribution in [0.3, 0.4) is 0 Å². The van der Waals surface area contributed by atoms with Crippen LogP contribution in [0.25, 0.3) is 0 Å². The lowest BCUT2D eigenvalue weighted by Crippen LogP contribution is -2.69. The van der Waals surface area contributed by atoms with Crippen LogP contribution in [0.15, 0.2) is 11.6 Å². The normalized spacial score (nSPS) is 55.1. The molecular formula is C76H124O40. The van der Waals surface area contributed by atoms with Gasteiger partial charge < -0.3 is 193 Å². The lowest BCUT2D eigenvalue weighted by atomic mass is 9.33. The summed E-state index contributed by atoms with van der Waals surface area (Å²) < 4.78 is 95.9. The van der Waals surface area contributed by atoms with Gasteiger partial charge in [0.1, 0.15) is 171 Å². The largest absolute Gasteiger partial charge is 0.432 e. The number of aliphatic hydroxyl groups excluding tert-OH is 23. The fraction of sp³-hybridized carbons (Fsp3) is 0.961. The van der Waals surface area contributed by atoms with Crippen molar-refractivity contribution in [1.82, 2.24) is 0 Å². The van der Waals surface area contributed by atoms with Crippen LogP contribution in [0.5, 0.6) is 0 Å². The van der Waals surface area contributed by atoms with E-state index in [9.17, 15) is 117 Å². The van der Waals surface area contributed by atoms with Gasteiger partial charge in [0.05, 0.1) is 70.0 Å². The van der Waals surface area contributed by atoms with Crippen LogP contribution in [0.2, 0.25) is 0 Å². The molecule has 668 valence electrons. The highest BCUT2D eigenvalue weighted by atomic mass is 16.8. The van der Waals surface area contributed by atoms with Crippen LogP contribution in [0, 0.1) is 50.2 Å². The van der Waals surface area contributed by atoms with Gasteiger partial charge in [-0.25, -0.2) is 0 Å². The number of aliphatic hydroxyl groups is 23. The molecule has 13 rings (SSSR count). The molecule has 4 saturated carbocycles. The van der Waals surface area contributed by atoms with E-state index in [0.29, 0.717) is 64.2 Å². The Labute approximate surface area is 669 Å². The van der Waals surface area contributed by atoms with Gasteiger partial charge in [-0.2, -0.15) is 0 Å². The molecule has 0 aromatic carbocycles. The molecule has 12 fully saturated rings. The van der Waals surface area contributed by atoms with Crippen molar-refractivity contribution >= 4 is 5.97 Å². The van der Waals surface area contributed by atoms with Crippen LogP contribution in [-0.2, 0) is 80.6 Å². The number of carbonyl (C=O) groups is 1. The molecule has 8 heterocycles. The molecule has 40 nitrogen and oxygen atoms in total. The molecule has 40 heteroatoms. The van der Waals surface area contributed by atoms with Gasteiger partial charge in [0.2, 0.25) is 6.29 Å². The fourth-order valence-corrected chi connectivity index (χ4v) is 21.7. The lowest BCUT2D eigenvalue weighted by molar-refractivity contribution is -0.406. The van der Waals surface area contributed by atoms with Crippen molar-refractivity contribution in [1.29, 1.82) is 0 Å². The Morgan fingerprint density at radius 1 is 0.414 bits per heavy atom. The summed E-state index contributed by atoms with van der Waals surface area (Å²) >= 11 is 0. The van der Waals surface area contributed by atoms with E-state index >= 15 is 4.79 Å². The fourth-order valence-electron chi connectivity index (χ4n) is 21.7. The van der Waals surface area contributed by atoms with Gasteiger partial charge in [0.15, 0.2) is 44.0 Å². The summed E-state index contributed by atoms with van der Waals surface area (Å²) in [4.78, 5) is 15.3. The van der Waals surface area contributed by atoms with Crippen molar-refractivity contribution < 1.29 is 198 Å². The molecule has 8 aliphatic heterocycles. The number of hydrogen-bond acceptors (Lipinski definition) is 40. The molecule has 5 aliphatic carbocycles. The van der Waals surface area contributed by atoms with Gasteiger partial charge in [0, 0.05) is 5.41 Å². The van der Waals surface area contributed by atoms with Crippen molar-refractivity contribution in [3.05, 3.63) is 11.6 Å². The van der Waals surface area contributed by atoms with E-state index in [1.54, 1.807) is 0 Å². The maximum absolute atomic E-state index is 15.3. The van der Waals surface area contributed by atoms with Crippen molar-refractivity contribution in [2.45, 2.75) is 359 Å². The minimum absolute atomic E-state index is 0.00362. The second-order valence-electron chi connectivity index (χ2n) is 36.5. The van der Waals surface area contributed by atoms with E-state index in [1.807, 2.05) is 6.92 Å². The Hall–Kier alpha value is -2.31. The summed E-state index contributed by atoms with van der Waals surface area (Å²) in [6.07, 6.45) is -61.5. The highest BCUT2D eigenvalue weighted by Gasteiger charge is 2.71. The first kappa shape index (κ1) is 91.4. The van der Waals surface area contributed by atoms with Crippen molar-refractivity contribution in [3.63, 3.8) is 0 Å². The van der Waals surface area contributed by atoms with E-state index < -0.39 is 312 Å². The van der Waals surface area contributed by atoms with E-state index in [0.717, 1.165) is 5.57 Å². The van der Waals surface area contributed by atoms with Gasteiger partial charge in [-0.3, -0.25) is 4.79 Å². The second kappa shape index (κ2) is 35.3. The summed E-state index contributed by atoms with van der Waals surface area (Å²) in [5.74, 6) is -1.22. The topological polar surface area (TPSA) is 630 Å². The van der Waals surface area contributed by atoms with Crippen molar-refractivity contribution in [3.8, 4) is 0 Å². The zero-order valence-electron chi connectivity index (χ0n) is 66.1. The van der Waals surface area contributed by atoms with Gasteiger partial charge in [-0.05, 0) is 117 Å². The number of esters is 1. The third-order valence-electron chi connectivity index (χ3n) is 29.1. The van der Waals surface area contributed by atoms with E-state index in [2.05, 4.69) is 40.7 Å². The molecule has 0 spiro atoms. The Kier molecular flexibility index (Phi) is 27.8. The molecule has 0 radical (unpaired) electrons. The summed E-state index contributed by atoms with van der Waals surface area (Å²) in [6, 6.07) is 0. The van der Waals surface area contributed by atoms with Gasteiger partial charge >= 0.3 is 5.97 Å². The first-order valence-electron chi connectivity index (χ1n) is 40.6. The third kappa shape index (κ3) is 16.2. The number of fused-ring (bicyclic) bond motifs is 7. The Morgan fingerprint density at radius 2 is 0.905 bits per heavy atom. The number of carbonyl (C=O) groups excluding carboxylic acids is 1. The number of ether oxygens (including phenoxy) is 16. The predicted molar refractivity (Wildman–Crippen MR) is 380 cm³/mol. The van der Waals surface area contributed by atoms with E-state index in [4.69, 9.17) is 75.8 Å². The maximum Gasteiger partial charge on any atom is 0.315 e. The lowest BCUT2D eigenvalue weighted by Gasteiger charge is -2.71. The predicted octanol–water partition coefficient (Wildman–Crippen LogP) is -8.43. The van der Waals surface area contributed by atoms with E-state index in [1.165, 1.54) is 13.8 Å². The first-order valence-corrected chi connectivity index (χ1v) is 40.6. The summed E-state index contributed by atoms with van der Waals surface area (Å²) in [5.41, 5.74) is -2.62. The average molecular weight is 1680 g/mol. The highest BCUT2D eigenvalue weighted by molar-refractivity contribution is 5.79. The van der Waals surface area contributed by atoms with Gasteiger partial charge in [0.25, 0.3) is 0 Å². The van der Waals surface area contributed by atoms with Crippen molar-refractivity contribution in [2.75, 3.05) is 46.2 Å². The molecule has 0 aromatic rings. The van der Waals surface area contributed by atoms with Gasteiger partial charge in [-0.1, -0.05) is 53.2 Å². The maximum atomic E-state index is 15.3. The third-order valence-corrected chi connectivity index (χ3v) is 29.1. The van der Waals surface area contributed by atoms with Crippen LogP contribution < -0.4 is 0 Å². The minimum atomic E-state index is -2.25. The molecule has 0 bridgehead atoms. The number of rotatable bonds is 21.